The monoisotopic (exact) mass is 549 g/mol. The number of hydrogen-bond donors (Lipinski definition) is 1. The zero-order chi connectivity index (χ0) is 27.6. The lowest BCUT2D eigenvalue weighted by molar-refractivity contribution is -0.134. The number of piperazine rings is 1. The Bertz CT molecular complexity index is 1430. The molecule has 0 aliphatic carbocycles. The van der Waals surface area contributed by atoms with E-state index in [0.29, 0.717) is 37.3 Å². The normalized spacial score (nSPS) is 16.3. The lowest BCUT2D eigenvalue weighted by Crippen LogP contribution is -2.55. The van der Waals surface area contributed by atoms with Crippen LogP contribution in [0, 0.1) is 20.8 Å². The molecule has 3 aromatic carbocycles. The van der Waals surface area contributed by atoms with Crippen LogP contribution >= 0.6 is 0 Å². The Kier molecular flexibility index (Phi) is 7.93. The number of ether oxygens (including phenoxy) is 2. The minimum Gasteiger partial charge on any atom is -0.454 e. The van der Waals surface area contributed by atoms with E-state index in [-0.39, 0.29) is 24.0 Å². The third-order valence-electron chi connectivity index (χ3n) is 7.28. The Morgan fingerprint density at radius 2 is 1.54 bits per heavy atom. The molecule has 8 nitrogen and oxygen atoms in total. The molecule has 1 fully saturated rings. The quantitative estimate of drug-likeness (QED) is 0.462. The third kappa shape index (κ3) is 6.27. The highest BCUT2D eigenvalue weighted by Crippen LogP contribution is 2.33. The van der Waals surface area contributed by atoms with Crippen LogP contribution < -0.4 is 14.2 Å². The molecule has 1 saturated heterocycles. The van der Waals surface area contributed by atoms with Crippen LogP contribution in [-0.4, -0.2) is 63.1 Å². The molecule has 2 aliphatic heterocycles. The molecule has 0 aromatic heterocycles. The van der Waals surface area contributed by atoms with Gasteiger partial charge in [0, 0.05) is 32.7 Å². The van der Waals surface area contributed by atoms with Crippen molar-refractivity contribution >= 4 is 15.9 Å². The molecule has 0 saturated carbocycles. The van der Waals surface area contributed by atoms with Crippen LogP contribution in [0.4, 0.5) is 0 Å². The lowest BCUT2D eigenvalue weighted by atomic mass is 10.1. The van der Waals surface area contributed by atoms with Crippen molar-refractivity contribution in [2.24, 2.45) is 0 Å². The van der Waals surface area contributed by atoms with E-state index >= 15 is 0 Å². The number of hydrogen-bond acceptors (Lipinski definition) is 6. The molecule has 0 radical (unpaired) electrons. The van der Waals surface area contributed by atoms with Gasteiger partial charge in [0.1, 0.15) is 6.04 Å². The topological polar surface area (TPSA) is 88.2 Å². The fourth-order valence-corrected chi connectivity index (χ4v) is 7.15. The minimum absolute atomic E-state index is 0.201. The molecule has 1 amide bonds. The molecular weight excluding hydrogens is 514 g/mol. The SMILES string of the molecule is Cc1cc(C)c(S(=O)(=O)NC(Cc2ccccc2)C(=O)N2CCN(Cc3ccc4c(c3)OCO4)CC2)c(C)c1. The molecule has 2 heterocycles. The van der Waals surface area contributed by atoms with E-state index < -0.39 is 16.1 Å². The summed E-state index contributed by atoms with van der Waals surface area (Å²) in [6, 6.07) is 18.3. The maximum Gasteiger partial charge on any atom is 0.241 e. The van der Waals surface area contributed by atoms with E-state index in [0.717, 1.165) is 34.7 Å². The summed E-state index contributed by atoms with van der Waals surface area (Å²) in [6.07, 6.45) is 0.278. The molecule has 1 N–H and O–H groups in total. The van der Waals surface area contributed by atoms with Crippen molar-refractivity contribution in [3.63, 3.8) is 0 Å². The predicted octanol–water partition coefficient (Wildman–Crippen LogP) is 3.57. The van der Waals surface area contributed by atoms with Crippen molar-refractivity contribution in [1.82, 2.24) is 14.5 Å². The number of benzene rings is 3. The Morgan fingerprint density at radius 3 is 2.23 bits per heavy atom. The number of carbonyl (C=O) groups is 1. The number of amides is 1. The molecule has 39 heavy (non-hydrogen) atoms. The van der Waals surface area contributed by atoms with Crippen LogP contribution in [0.15, 0.2) is 65.6 Å². The molecule has 206 valence electrons. The summed E-state index contributed by atoms with van der Waals surface area (Å²) in [5, 5.41) is 0. The zero-order valence-corrected chi connectivity index (χ0v) is 23.5. The Labute approximate surface area is 230 Å². The Balaban J connectivity index is 1.29. The largest absolute Gasteiger partial charge is 0.454 e. The Hall–Kier alpha value is -3.40. The standard InChI is InChI=1S/C30H35N3O5S/c1-21-15-22(2)29(23(3)16-21)39(35,36)31-26(17-24-7-5-4-6-8-24)30(34)33-13-11-32(12-14-33)19-25-9-10-27-28(18-25)38-20-37-27/h4-10,15-16,18,26,31H,11-14,17,19-20H2,1-3H3. The fraction of sp³-hybridized carbons (Fsp3) is 0.367. The van der Waals surface area contributed by atoms with Crippen LogP contribution in [0.3, 0.4) is 0 Å². The van der Waals surface area contributed by atoms with Crippen molar-refractivity contribution in [2.75, 3.05) is 33.0 Å². The summed E-state index contributed by atoms with van der Waals surface area (Å²) in [6.45, 7) is 8.96. The lowest BCUT2D eigenvalue weighted by Gasteiger charge is -2.36. The van der Waals surface area contributed by atoms with Gasteiger partial charge in [0.05, 0.1) is 4.90 Å². The molecular formula is C30H35N3O5S. The number of aryl methyl sites for hydroxylation is 3. The van der Waals surface area contributed by atoms with E-state index in [1.165, 1.54) is 0 Å². The summed E-state index contributed by atoms with van der Waals surface area (Å²) in [5.41, 5.74) is 4.36. The van der Waals surface area contributed by atoms with E-state index in [1.54, 1.807) is 18.7 Å². The molecule has 1 atom stereocenters. The van der Waals surface area contributed by atoms with Crippen molar-refractivity contribution in [3.05, 3.63) is 88.5 Å². The average Bonchev–Trinajstić information content (AvgIpc) is 3.36. The minimum atomic E-state index is -3.93. The van der Waals surface area contributed by atoms with Gasteiger partial charge in [-0.1, -0.05) is 54.1 Å². The van der Waals surface area contributed by atoms with Gasteiger partial charge in [-0.2, -0.15) is 4.72 Å². The highest BCUT2D eigenvalue weighted by Gasteiger charge is 2.32. The second-order valence-corrected chi connectivity index (χ2v) is 12.0. The van der Waals surface area contributed by atoms with Gasteiger partial charge in [-0.3, -0.25) is 9.69 Å². The van der Waals surface area contributed by atoms with Crippen LogP contribution in [0.5, 0.6) is 11.5 Å². The first-order chi connectivity index (χ1) is 18.7. The summed E-state index contributed by atoms with van der Waals surface area (Å²) in [4.78, 5) is 18.1. The van der Waals surface area contributed by atoms with Crippen LogP contribution in [-0.2, 0) is 27.8 Å². The van der Waals surface area contributed by atoms with Crippen molar-refractivity contribution in [3.8, 4) is 11.5 Å². The van der Waals surface area contributed by atoms with Crippen molar-refractivity contribution in [2.45, 2.75) is 44.7 Å². The van der Waals surface area contributed by atoms with Gasteiger partial charge in [-0.15, -0.1) is 0 Å². The molecule has 2 aliphatic rings. The van der Waals surface area contributed by atoms with E-state index in [4.69, 9.17) is 9.47 Å². The first-order valence-electron chi connectivity index (χ1n) is 13.2. The first-order valence-corrected chi connectivity index (χ1v) is 14.7. The van der Waals surface area contributed by atoms with Gasteiger partial charge in [-0.05, 0) is 61.6 Å². The maximum atomic E-state index is 13.8. The average molecular weight is 550 g/mol. The molecule has 9 heteroatoms. The van der Waals surface area contributed by atoms with Crippen LogP contribution in [0.2, 0.25) is 0 Å². The molecule has 3 aromatic rings. The number of nitrogens with zero attached hydrogens (tertiary/aromatic N) is 2. The van der Waals surface area contributed by atoms with Crippen molar-refractivity contribution in [1.29, 1.82) is 0 Å². The second-order valence-electron chi connectivity index (χ2n) is 10.4. The van der Waals surface area contributed by atoms with Gasteiger partial charge < -0.3 is 14.4 Å². The van der Waals surface area contributed by atoms with E-state index in [9.17, 15) is 13.2 Å². The van der Waals surface area contributed by atoms with E-state index in [2.05, 4.69) is 9.62 Å². The highest BCUT2D eigenvalue weighted by atomic mass is 32.2. The molecule has 5 rings (SSSR count). The fourth-order valence-electron chi connectivity index (χ4n) is 5.51. The summed E-state index contributed by atoms with van der Waals surface area (Å²) in [7, 11) is -3.93. The summed E-state index contributed by atoms with van der Waals surface area (Å²) in [5.74, 6) is 1.32. The number of fused-ring (bicyclic) bond motifs is 1. The van der Waals surface area contributed by atoms with Gasteiger partial charge in [0.2, 0.25) is 22.7 Å². The zero-order valence-electron chi connectivity index (χ0n) is 22.6. The second kappa shape index (κ2) is 11.4. The number of sulfonamides is 1. The molecule has 0 bridgehead atoms. The smallest absolute Gasteiger partial charge is 0.241 e. The van der Waals surface area contributed by atoms with E-state index in [1.807, 2.05) is 67.6 Å². The third-order valence-corrected chi connectivity index (χ3v) is 9.05. The number of nitrogens with one attached hydrogen (secondary N) is 1. The van der Waals surface area contributed by atoms with Crippen LogP contribution in [0.25, 0.3) is 0 Å². The van der Waals surface area contributed by atoms with Gasteiger partial charge >= 0.3 is 0 Å². The summed E-state index contributed by atoms with van der Waals surface area (Å²) < 4.78 is 40.9. The molecule has 1 unspecified atom stereocenters. The number of rotatable bonds is 8. The van der Waals surface area contributed by atoms with Crippen molar-refractivity contribution < 1.29 is 22.7 Å². The Morgan fingerprint density at radius 1 is 0.872 bits per heavy atom. The summed E-state index contributed by atoms with van der Waals surface area (Å²) >= 11 is 0. The van der Waals surface area contributed by atoms with Gasteiger partial charge in [-0.25, -0.2) is 8.42 Å². The molecule has 0 spiro atoms. The van der Waals surface area contributed by atoms with Crippen LogP contribution in [0.1, 0.15) is 27.8 Å². The highest BCUT2D eigenvalue weighted by molar-refractivity contribution is 7.89. The number of carbonyl (C=O) groups excluding carboxylic acids is 1. The predicted molar refractivity (Wildman–Crippen MR) is 149 cm³/mol. The van der Waals surface area contributed by atoms with Gasteiger partial charge in [0.25, 0.3) is 0 Å². The maximum absolute atomic E-state index is 13.8. The first kappa shape index (κ1) is 27.2. The van der Waals surface area contributed by atoms with Gasteiger partial charge in [0.15, 0.2) is 11.5 Å².